The molecular weight excluding hydrogens is 264 g/mol. The Morgan fingerprint density at radius 1 is 1.52 bits per heavy atom. The van der Waals surface area contributed by atoms with E-state index in [-0.39, 0.29) is 0 Å². The molecule has 0 saturated carbocycles. The number of anilines is 1. The summed E-state index contributed by atoms with van der Waals surface area (Å²) in [6, 6.07) is 6.08. The van der Waals surface area contributed by atoms with Gasteiger partial charge in [-0.05, 0) is 62.2 Å². The second-order valence-electron chi connectivity index (χ2n) is 6.01. The van der Waals surface area contributed by atoms with Gasteiger partial charge in [0.05, 0.1) is 0 Å². The fourth-order valence-electron chi connectivity index (χ4n) is 3.04. The van der Waals surface area contributed by atoms with E-state index in [1.165, 1.54) is 36.8 Å². The van der Waals surface area contributed by atoms with Crippen LogP contribution in [0.15, 0.2) is 24.3 Å². The van der Waals surface area contributed by atoms with Crippen LogP contribution < -0.4 is 4.90 Å². The lowest BCUT2D eigenvalue weighted by Crippen LogP contribution is -2.27. The van der Waals surface area contributed by atoms with Crippen molar-refractivity contribution in [2.45, 2.75) is 13.3 Å². The molecule has 0 bridgehead atoms. The maximum atomic E-state index is 10.6. The summed E-state index contributed by atoms with van der Waals surface area (Å²) in [6.07, 6.45) is 4.07. The molecular formula is C17H24N2O2. The van der Waals surface area contributed by atoms with Crippen molar-refractivity contribution in [3.05, 3.63) is 35.4 Å². The van der Waals surface area contributed by atoms with Crippen LogP contribution in [0.25, 0.3) is 6.08 Å². The van der Waals surface area contributed by atoms with Crippen LogP contribution in [0.1, 0.15) is 17.5 Å². The first-order valence-corrected chi connectivity index (χ1v) is 7.37. The molecule has 1 N–H and O–H groups in total. The molecule has 1 aromatic rings. The summed E-state index contributed by atoms with van der Waals surface area (Å²) in [5, 5.41) is 8.67. The van der Waals surface area contributed by atoms with Crippen LogP contribution in [0.4, 0.5) is 5.69 Å². The zero-order valence-electron chi connectivity index (χ0n) is 13.0. The summed E-state index contributed by atoms with van der Waals surface area (Å²) >= 11 is 0. The number of carboxylic acids is 1. The number of likely N-dealkylation sites (tertiary alicyclic amines) is 1. The smallest absolute Gasteiger partial charge is 0.328 e. The summed E-state index contributed by atoms with van der Waals surface area (Å²) in [7, 11) is 4.31. The molecule has 114 valence electrons. The largest absolute Gasteiger partial charge is 0.478 e. The maximum Gasteiger partial charge on any atom is 0.328 e. The monoisotopic (exact) mass is 288 g/mol. The number of benzene rings is 1. The molecule has 0 radical (unpaired) electrons. The highest BCUT2D eigenvalue weighted by molar-refractivity contribution is 5.85. The molecule has 21 heavy (non-hydrogen) atoms. The van der Waals surface area contributed by atoms with Crippen LogP contribution in [-0.2, 0) is 4.79 Å². The third-order valence-corrected chi connectivity index (χ3v) is 4.07. The van der Waals surface area contributed by atoms with Crippen molar-refractivity contribution in [3.63, 3.8) is 0 Å². The number of hydrogen-bond donors (Lipinski definition) is 1. The lowest BCUT2D eigenvalue weighted by atomic mass is 10.1. The van der Waals surface area contributed by atoms with Gasteiger partial charge in [-0.15, -0.1) is 0 Å². The van der Waals surface area contributed by atoms with Crippen LogP contribution >= 0.6 is 0 Å². The van der Waals surface area contributed by atoms with Crippen LogP contribution in [0.2, 0.25) is 0 Å². The van der Waals surface area contributed by atoms with Gasteiger partial charge in [-0.1, -0.05) is 6.07 Å². The molecule has 1 aliphatic rings. The number of carbonyl (C=O) groups is 1. The third kappa shape index (κ3) is 4.33. The number of hydrogen-bond acceptors (Lipinski definition) is 3. The summed E-state index contributed by atoms with van der Waals surface area (Å²) in [6.45, 7) is 5.50. The molecule has 4 nitrogen and oxygen atoms in total. The first-order valence-electron chi connectivity index (χ1n) is 7.37. The summed E-state index contributed by atoms with van der Waals surface area (Å²) in [5.41, 5.74) is 3.32. The van der Waals surface area contributed by atoms with Crippen LogP contribution in [0.3, 0.4) is 0 Å². The molecule has 4 heteroatoms. The van der Waals surface area contributed by atoms with E-state index in [9.17, 15) is 4.79 Å². The summed E-state index contributed by atoms with van der Waals surface area (Å²) in [5.74, 6) is -0.190. The van der Waals surface area contributed by atoms with E-state index >= 15 is 0 Å². The minimum absolute atomic E-state index is 0.728. The van der Waals surface area contributed by atoms with Gasteiger partial charge >= 0.3 is 5.97 Å². The minimum atomic E-state index is -0.917. The van der Waals surface area contributed by atoms with Crippen LogP contribution in [-0.4, -0.2) is 49.7 Å². The van der Waals surface area contributed by atoms with Crippen molar-refractivity contribution in [1.29, 1.82) is 0 Å². The van der Waals surface area contributed by atoms with Crippen molar-refractivity contribution < 1.29 is 9.90 Å². The van der Waals surface area contributed by atoms with Gasteiger partial charge in [0.15, 0.2) is 0 Å². The maximum absolute atomic E-state index is 10.6. The lowest BCUT2D eigenvalue weighted by Gasteiger charge is -2.25. The standard InChI is InChI=1S/C17H24N2O2/c1-13-10-14(5-7-17(20)21)4-6-16(13)19(3)12-15-8-9-18(2)11-15/h4-7,10,15H,8-9,11-12H2,1-3H3,(H,20,21). The highest BCUT2D eigenvalue weighted by Gasteiger charge is 2.21. The van der Waals surface area contributed by atoms with E-state index in [2.05, 4.69) is 36.9 Å². The number of rotatable bonds is 5. The van der Waals surface area contributed by atoms with Crippen molar-refractivity contribution in [2.24, 2.45) is 5.92 Å². The summed E-state index contributed by atoms with van der Waals surface area (Å²) in [4.78, 5) is 15.2. The van der Waals surface area contributed by atoms with Crippen molar-refractivity contribution in [2.75, 3.05) is 38.6 Å². The molecule has 0 amide bonds. The van der Waals surface area contributed by atoms with E-state index in [1.54, 1.807) is 6.08 Å². The molecule has 0 spiro atoms. The zero-order valence-corrected chi connectivity index (χ0v) is 13.0. The summed E-state index contributed by atoms with van der Waals surface area (Å²) < 4.78 is 0. The molecule has 1 unspecified atom stereocenters. The van der Waals surface area contributed by atoms with E-state index in [0.717, 1.165) is 18.0 Å². The predicted octanol–water partition coefficient (Wildman–Crippen LogP) is 2.48. The number of aryl methyl sites for hydroxylation is 1. The molecule has 1 saturated heterocycles. The Kier molecular flexibility index (Phi) is 5.02. The molecule has 0 aromatic heterocycles. The fraction of sp³-hybridized carbons (Fsp3) is 0.471. The van der Waals surface area contributed by atoms with Crippen LogP contribution in [0, 0.1) is 12.8 Å². The highest BCUT2D eigenvalue weighted by Crippen LogP contribution is 2.24. The van der Waals surface area contributed by atoms with Crippen molar-refractivity contribution in [1.82, 2.24) is 4.90 Å². The normalized spacial score (nSPS) is 19.3. The number of nitrogens with zero attached hydrogens (tertiary/aromatic N) is 2. The minimum Gasteiger partial charge on any atom is -0.478 e. The molecule has 1 aliphatic heterocycles. The van der Waals surface area contributed by atoms with E-state index < -0.39 is 5.97 Å². The second-order valence-corrected chi connectivity index (χ2v) is 6.01. The Hall–Kier alpha value is -1.81. The van der Waals surface area contributed by atoms with E-state index in [4.69, 9.17) is 5.11 Å². The topological polar surface area (TPSA) is 43.8 Å². The lowest BCUT2D eigenvalue weighted by molar-refractivity contribution is -0.131. The molecule has 1 atom stereocenters. The molecule has 1 fully saturated rings. The molecule has 1 aromatic carbocycles. The predicted molar refractivity (Wildman–Crippen MR) is 86.7 cm³/mol. The van der Waals surface area contributed by atoms with Crippen LogP contribution in [0.5, 0.6) is 0 Å². The fourth-order valence-corrected chi connectivity index (χ4v) is 3.04. The zero-order chi connectivity index (χ0) is 15.4. The number of carboxylic acid groups (broad SMARTS) is 1. The van der Waals surface area contributed by atoms with Gasteiger partial charge in [0, 0.05) is 31.9 Å². The average molecular weight is 288 g/mol. The second kappa shape index (κ2) is 6.76. The Bertz CT molecular complexity index is 540. The molecule has 0 aliphatic carbocycles. The van der Waals surface area contributed by atoms with Gasteiger partial charge in [0.1, 0.15) is 0 Å². The van der Waals surface area contributed by atoms with Crippen molar-refractivity contribution in [3.8, 4) is 0 Å². The SMILES string of the molecule is Cc1cc(C=CC(=O)O)ccc1N(C)CC1CCN(C)C1. The Morgan fingerprint density at radius 2 is 2.29 bits per heavy atom. The average Bonchev–Trinajstić information content (AvgIpc) is 2.81. The highest BCUT2D eigenvalue weighted by atomic mass is 16.4. The van der Waals surface area contributed by atoms with Gasteiger partial charge in [-0.2, -0.15) is 0 Å². The van der Waals surface area contributed by atoms with Gasteiger partial charge < -0.3 is 14.9 Å². The molecule has 2 rings (SSSR count). The Morgan fingerprint density at radius 3 is 2.86 bits per heavy atom. The molecule has 1 heterocycles. The van der Waals surface area contributed by atoms with Gasteiger partial charge in [-0.3, -0.25) is 0 Å². The Labute approximate surface area is 126 Å². The van der Waals surface area contributed by atoms with Gasteiger partial charge in [0.25, 0.3) is 0 Å². The van der Waals surface area contributed by atoms with E-state index in [0.29, 0.717) is 0 Å². The first-order chi connectivity index (χ1) is 9.95. The number of aliphatic carboxylic acids is 1. The van der Waals surface area contributed by atoms with Gasteiger partial charge in [0.2, 0.25) is 0 Å². The van der Waals surface area contributed by atoms with E-state index in [1.807, 2.05) is 12.1 Å². The van der Waals surface area contributed by atoms with Gasteiger partial charge in [-0.25, -0.2) is 4.79 Å². The van der Waals surface area contributed by atoms with Crippen molar-refractivity contribution >= 4 is 17.7 Å². The quantitative estimate of drug-likeness (QED) is 0.845. The first kappa shape index (κ1) is 15.6. The third-order valence-electron chi connectivity index (χ3n) is 4.07. The Balaban J connectivity index is 2.04.